The zero-order valence-corrected chi connectivity index (χ0v) is 18.4. The molecule has 4 rings (SSSR count). The van der Waals surface area contributed by atoms with Gasteiger partial charge >= 0.3 is 0 Å². The topological polar surface area (TPSA) is 92.4 Å². The Bertz CT molecular complexity index is 1130. The zero-order valence-electron chi connectivity index (χ0n) is 17.6. The smallest absolute Gasteiger partial charge is 0.245 e. The molecular weight excluding hydrogens is 402 g/mol. The van der Waals surface area contributed by atoms with E-state index in [1.807, 2.05) is 19.1 Å². The second kappa shape index (κ2) is 8.41. The number of pyridine rings is 1. The van der Waals surface area contributed by atoms with Gasteiger partial charge in [0.05, 0.1) is 12.1 Å². The number of nitrogens with zero attached hydrogens (tertiary/aromatic N) is 5. The van der Waals surface area contributed by atoms with Crippen LogP contribution in [-0.2, 0) is 23.0 Å². The third-order valence-electron chi connectivity index (χ3n) is 5.22. The van der Waals surface area contributed by atoms with E-state index in [2.05, 4.69) is 33.9 Å². The number of aryl methyl sites for hydroxylation is 1. The summed E-state index contributed by atoms with van der Waals surface area (Å²) in [6.07, 6.45) is 2.49. The summed E-state index contributed by atoms with van der Waals surface area (Å²) in [5.74, 6) is 1.77. The summed E-state index contributed by atoms with van der Waals surface area (Å²) in [6, 6.07) is 7.26. The van der Waals surface area contributed by atoms with Crippen LogP contribution in [0.4, 0.5) is 0 Å². The number of fused-ring (bicyclic) bond motifs is 1. The van der Waals surface area contributed by atoms with E-state index in [9.17, 15) is 8.42 Å². The first-order chi connectivity index (χ1) is 14.3. The van der Waals surface area contributed by atoms with Crippen molar-refractivity contribution < 1.29 is 12.9 Å². The van der Waals surface area contributed by atoms with Crippen LogP contribution in [0.15, 0.2) is 39.9 Å². The van der Waals surface area contributed by atoms with E-state index < -0.39 is 10.0 Å². The largest absolute Gasteiger partial charge is 0.338 e. The fourth-order valence-electron chi connectivity index (χ4n) is 3.71. The van der Waals surface area contributed by atoms with Gasteiger partial charge in [-0.3, -0.25) is 9.88 Å². The number of sulfonamides is 1. The average molecular weight is 430 g/mol. The van der Waals surface area contributed by atoms with Gasteiger partial charge in [0.2, 0.25) is 15.9 Å². The highest BCUT2D eigenvalue weighted by Gasteiger charge is 2.30. The molecule has 0 N–H and O–H groups in total. The predicted molar refractivity (Wildman–Crippen MR) is 113 cm³/mol. The molecule has 3 aromatic rings. The Balaban J connectivity index is 1.44. The number of aromatic nitrogens is 3. The number of piperazine rings is 1. The molecule has 0 atom stereocenters. The molecule has 0 unspecified atom stereocenters. The SMILES string of the molecule is Cc1cnc2c(S(=O)(=O)N3CCN(Cc4nc(CC(C)C)no4)CC3)cccc2c1. The molecule has 0 bridgehead atoms. The van der Waals surface area contributed by atoms with Crippen LogP contribution in [-0.4, -0.2) is 58.9 Å². The number of benzene rings is 1. The lowest BCUT2D eigenvalue weighted by Gasteiger charge is -2.33. The summed E-state index contributed by atoms with van der Waals surface area (Å²) in [6.45, 7) is 8.76. The first-order valence-corrected chi connectivity index (χ1v) is 11.7. The summed E-state index contributed by atoms with van der Waals surface area (Å²) < 4.78 is 33.5. The van der Waals surface area contributed by atoms with Crippen molar-refractivity contribution in [1.29, 1.82) is 0 Å². The summed E-state index contributed by atoms with van der Waals surface area (Å²) in [5.41, 5.74) is 1.53. The van der Waals surface area contributed by atoms with Crippen LogP contribution in [0.2, 0.25) is 0 Å². The minimum Gasteiger partial charge on any atom is -0.338 e. The molecule has 30 heavy (non-hydrogen) atoms. The average Bonchev–Trinajstić information content (AvgIpc) is 3.13. The lowest BCUT2D eigenvalue weighted by molar-refractivity contribution is 0.163. The van der Waals surface area contributed by atoms with E-state index in [1.54, 1.807) is 18.3 Å². The molecule has 0 radical (unpaired) electrons. The van der Waals surface area contributed by atoms with Crippen molar-refractivity contribution in [3.05, 3.63) is 47.7 Å². The molecule has 0 amide bonds. The first kappa shape index (κ1) is 20.9. The van der Waals surface area contributed by atoms with Gasteiger partial charge in [0.15, 0.2) is 5.82 Å². The molecule has 3 heterocycles. The Morgan fingerprint density at radius 3 is 2.67 bits per heavy atom. The minimum absolute atomic E-state index is 0.267. The fraction of sp³-hybridized carbons (Fsp3) is 0.476. The van der Waals surface area contributed by atoms with Crippen LogP contribution in [0.1, 0.15) is 31.1 Å². The van der Waals surface area contributed by atoms with Crippen LogP contribution >= 0.6 is 0 Å². The molecule has 160 valence electrons. The Morgan fingerprint density at radius 1 is 1.17 bits per heavy atom. The van der Waals surface area contributed by atoms with Gasteiger partial charge in [-0.15, -0.1) is 0 Å². The van der Waals surface area contributed by atoms with Gasteiger partial charge < -0.3 is 4.52 Å². The van der Waals surface area contributed by atoms with Crippen molar-refractivity contribution in [3.8, 4) is 0 Å². The van der Waals surface area contributed by atoms with Crippen LogP contribution in [0.3, 0.4) is 0 Å². The normalized spacial score (nSPS) is 16.5. The Morgan fingerprint density at radius 2 is 1.93 bits per heavy atom. The quantitative estimate of drug-likeness (QED) is 0.595. The predicted octanol–water partition coefficient (Wildman–Crippen LogP) is 2.63. The van der Waals surface area contributed by atoms with E-state index in [4.69, 9.17) is 4.52 Å². The second-order valence-corrected chi connectivity index (χ2v) is 10.1. The van der Waals surface area contributed by atoms with Gasteiger partial charge in [-0.2, -0.15) is 9.29 Å². The molecule has 0 spiro atoms. The van der Waals surface area contributed by atoms with Crippen LogP contribution in [0.25, 0.3) is 10.9 Å². The monoisotopic (exact) mass is 429 g/mol. The Labute approximate surface area is 176 Å². The van der Waals surface area contributed by atoms with E-state index in [1.165, 1.54) is 4.31 Å². The second-order valence-electron chi connectivity index (χ2n) is 8.22. The number of rotatable bonds is 6. The van der Waals surface area contributed by atoms with Gasteiger partial charge in [-0.05, 0) is 30.5 Å². The fourth-order valence-corrected chi connectivity index (χ4v) is 5.30. The molecular formula is C21H27N5O3S. The maximum atomic E-state index is 13.3. The van der Waals surface area contributed by atoms with Crippen LogP contribution in [0, 0.1) is 12.8 Å². The lowest BCUT2D eigenvalue weighted by Crippen LogP contribution is -2.48. The maximum Gasteiger partial charge on any atom is 0.245 e. The van der Waals surface area contributed by atoms with E-state index >= 15 is 0 Å². The van der Waals surface area contributed by atoms with Gasteiger partial charge in [-0.1, -0.05) is 31.1 Å². The van der Waals surface area contributed by atoms with Crippen LogP contribution in [0.5, 0.6) is 0 Å². The molecule has 1 aromatic carbocycles. The maximum absolute atomic E-state index is 13.3. The molecule has 0 saturated carbocycles. The van der Waals surface area contributed by atoms with Crippen molar-refractivity contribution in [3.63, 3.8) is 0 Å². The highest BCUT2D eigenvalue weighted by atomic mass is 32.2. The van der Waals surface area contributed by atoms with Crippen molar-refractivity contribution in [2.75, 3.05) is 26.2 Å². The van der Waals surface area contributed by atoms with Crippen LogP contribution < -0.4 is 0 Å². The van der Waals surface area contributed by atoms with E-state index in [0.717, 1.165) is 23.2 Å². The highest BCUT2D eigenvalue weighted by Crippen LogP contribution is 2.25. The number of para-hydroxylation sites is 1. The van der Waals surface area contributed by atoms with Crippen molar-refractivity contribution in [2.24, 2.45) is 5.92 Å². The molecule has 1 saturated heterocycles. The summed E-state index contributed by atoms with van der Waals surface area (Å²) in [5, 5.41) is 4.86. The number of hydrogen-bond acceptors (Lipinski definition) is 7. The van der Waals surface area contributed by atoms with Crippen molar-refractivity contribution in [1.82, 2.24) is 24.3 Å². The van der Waals surface area contributed by atoms with Crippen molar-refractivity contribution >= 4 is 20.9 Å². The molecule has 1 aliphatic rings. The minimum atomic E-state index is -3.61. The third kappa shape index (κ3) is 4.38. The Hall–Kier alpha value is -2.36. The van der Waals surface area contributed by atoms with Crippen molar-refractivity contribution in [2.45, 2.75) is 38.6 Å². The lowest BCUT2D eigenvalue weighted by atomic mass is 10.1. The zero-order chi connectivity index (χ0) is 21.3. The van der Waals surface area contributed by atoms with Gasteiger partial charge in [0.1, 0.15) is 4.90 Å². The summed E-state index contributed by atoms with van der Waals surface area (Å²) in [7, 11) is -3.61. The van der Waals surface area contributed by atoms with Gasteiger partial charge in [0, 0.05) is 44.2 Å². The molecule has 8 nitrogen and oxygen atoms in total. The summed E-state index contributed by atoms with van der Waals surface area (Å²) >= 11 is 0. The van der Waals surface area contributed by atoms with Gasteiger partial charge in [0.25, 0.3) is 0 Å². The molecule has 1 fully saturated rings. The Kier molecular flexibility index (Phi) is 5.86. The molecule has 9 heteroatoms. The summed E-state index contributed by atoms with van der Waals surface area (Å²) in [4.78, 5) is 11.2. The van der Waals surface area contributed by atoms with E-state index in [-0.39, 0.29) is 4.90 Å². The van der Waals surface area contributed by atoms with E-state index in [0.29, 0.717) is 50.0 Å². The van der Waals surface area contributed by atoms with Gasteiger partial charge in [-0.25, -0.2) is 8.42 Å². The highest BCUT2D eigenvalue weighted by molar-refractivity contribution is 7.89. The first-order valence-electron chi connectivity index (χ1n) is 10.2. The molecule has 0 aliphatic carbocycles. The number of hydrogen-bond donors (Lipinski definition) is 0. The molecule has 2 aromatic heterocycles. The third-order valence-corrected chi connectivity index (χ3v) is 7.15. The molecule has 1 aliphatic heterocycles. The standard InChI is InChI=1S/C21H27N5O3S/c1-15(2)11-19-23-20(29-24-19)14-25-7-9-26(10-8-25)30(27,28)18-6-4-5-17-12-16(3)13-22-21(17)18/h4-6,12-13,15H,7-11,14H2,1-3H3.